The fourth-order valence-corrected chi connectivity index (χ4v) is 2.24. The Balaban J connectivity index is 1.65. The molecule has 0 aliphatic carbocycles. The number of carbonyl (C=O) groups is 2. The van der Waals surface area contributed by atoms with Gasteiger partial charge in [0, 0.05) is 19.5 Å². The first-order chi connectivity index (χ1) is 9.25. The molecule has 102 valence electrons. The fourth-order valence-electron chi connectivity index (χ4n) is 2.24. The molecule has 4 nitrogen and oxygen atoms in total. The van der Waals surface area contributed by atoms with E-state index in [1.54, 1.807) is 0 Å². The molecule has 1 fully saturated rings. The van der Waals surface area contributed by atoms with Gasteiger partial charge in [0.2, 0.25) is 11.8 Å². The molecule has 0 saturated carbocycles. The van der Waals surface area contributed by atoms with Crippen LogP contribution in [0.1, 0.15) is 24.8 Å². The Morgan fingerprint density at radius 3 is 2.47 bits per heavy atom. The third kappa shape index (κ3) is 4.39. The second kappa shape index (κ2) is 6.92. The van der Waals surface area contributed by atoms with Crippen LogP contribution in [-0.2, 0) is 16.0 Å². The number of hydrogen-bond donors (Lipinski definition) is 1. The van der Waals surface area contributed by atoms with E-state index in [9.17, 15) is 9.59 Å². The van der Waals surface area contributed by atoms with Gasteiger partial charge in [-0.2, -0.15) is 0 Å². The Labute approximate surface area is 113 Å². The molecule has 1 saturated heterocycles. The highest BCUT2D eigenvalue weighted by molar-refractivity contribution is 5.84. The summed E-state index contributed by atoms with van der Waals surface area (Å²) in [5.41, 5.74) is 1.14. The van der Waals surface area contributed by atoms with Crippen molar-refractivity contribution >= 4 is 11.8 Å². The van der Waals surface area contributed by atoms with Crippen molar-refractivity contribution in [3.63, 3.8) is 0 Å². The van der Waals surface area contributed by atoms with Crippen molar-refractivity contribution in [2.75, 3.05) is 19.6 Å². The van der Waals surface area contributed by atoms with Crippen molar-refractivity contribution in [3.8, 4) is 0 Å². The first-order valence-electron chi connectivity index (χ1n) is 6.84. The molecule has 1 N–H and O–H groups in total. The maximum atomic E-state index is 11.7. The number of hydrogen-bond acceptors (Lipinski definition) is 2. The van der Waals surface area contributed by atoms with Crippen molar-refractivity contribution in [3.05, 3.63) is 35.9 Å². The SMILES string of the molecule is O=C(CCc1ccccc1)NCC(=O)N1CCCC1. The zero-order valence-electron chi connectivity index (χ0n) is 11.1. The van der Waals surface area contributed by atoms with Crippen LogP contribution in [0, 0.1) is 0 Å². The van der Waals surface area contributed by atoms with Crippen LogP contribution in [0.4, 0.5) is 0 Å². The summed E-state index contributed by atoms with van der Waals surface area (Å²) in [5, 5.41) is 2.70. The lowest BCUT2D eigenvalue weighted by Gasteiger charge is -2.15. The van der Waals surface area contributed by atoms with Gasteiger partial charge >= 0.3 is 0 Å². The predicted octanol–water partition coefficient (Wildman–Crippen LogP) is 1.36. The standard InChI is InChI=1S/C15H20N2O2/c18-14(9-8-13-6-2-1-3-7-13)16-12-15(19)17-10-4-5-11-17/h1-3,6-7H,4-5,8-12H2,(H,16,18). The summed E-state index contributed by atoms with van der Waals surface area (Å²) in [6, 6.07) is 9.89. The topological polar surface area (TPSA) is 49.4 Å². The number of nitrogens with one attached hydrogen (secondary N) is 1. The highest BCUT2D eigenvalue weighted by Gasteiger charge is 2.17. The van der Waals surface area contributed by atoms with E-state index in [2.05, 4.69) is 5.32 Å². The van der Waals surface area contributed by atoms with E-state index in [-0.39, 0.29) is 18.4 Å². The maximum Gasteiger partial charge on any atom is 0.241 e. The average Bonchev–Trinajstić information content (AvgIpc) is 2.98. The highest BCUT2D eigenvalue weighted by Crippen LogP contribution is 2.07. The van der Waals surface area contributed by atoms with Gasteiger partial charge in [-0.25, -0.2) is 0 Å². The molecule has 2 amide bonds. The minimum absolute atomic E-state index is 0.0329. The zero-order chi connectivity index (χ0) is 13.5. The van der Waals surface area contributed by atoms with Crippen LogP contribution in [0.3, 0.4) is 0 Å². The Bertz CT molecular complexity index is 425. The smallest absolute Gasteiger partial charge is 0.241 e. The highest BCUT2D eigenvalue weighted by atomic mass is 16.2. The number of nitrogens with zero attached hydrogens (tertiary/aromatic N) is 1. The Kier molecular flexibility index (Phi) is 4.95. The zero-order valence-corrected chi connectivity index (χ0v) is 11.1. The van der Waals surface area contributed by atoms with Crippen molar-refractivity contribution in [2.45, 2.75) is 25.7 Å². The lowest BCUT2D eigenvalue weighted by Crippen LogP contribution is -2.38. The van der Waals surface area contributed by atoms with Gasteiger partial charge in [-0.1, -0.05) is 30.3 Å². The van der Waals surface area contributed by atoms with Gasteiger partial charge in [0.25, 0.3) is 0 Å². The molecule has 0 radical (unpaired) electrons. The minimum Gasteiger partial charge on any atom is -0.347 e. The molecular weight excluding hydrogens is 240 g/mol. The van der Waals surface area contributed by atoms with E-state index in [1.165, 1.54) is 0 Å². The van der Waals surface area contributed by atoms with Crippen molar-refractivity contribution in [2.24, 2.45) is 0 Å². The molecule has 2 rings (SSSR count). The molecule has 1 aliphatic rings. The monoisotopic (exact) mass is 260 g/mol. The first kappa shape index (κ1) is 13.6. The number of benzene rings is 1. The Morgan fingerprint density at radius 2 is 1.79 bits per heavy atom. The molecule has 1 aromatic carbocycles. The van der Waals surface area contributed by atoms with Gasteiger partial charge in [0.15, 0.2) is 0 Å². The molecule has 0 atom stereocenters. The molecule has 1 aromatic rings. The molecule has 4 heteroatoms. The summed E-state index contributed by atoms with van der Waals surface area (Å²) in [5.74, 6) is -0.0260. The predicted molar refractivity (Wildman–Crippen MR) is 73.6 cm³/mol. The lowest BCUT2D eigenvalue weighted by atomic mass is 10.1. The van der Waals surface area contributed by atoms with Crippen LogP contribution < -0.4 is 5.32 Å². The molecule has 0 aromatic heterocycles. The van der Waals surface area contributed by atoms with Crippen molar-refractivity contribution < 1.29 is 9.59 Å². The number of amides is 2. The summed E-state index contributed by atoms with van der Waals surface area (Å²) in [7, 11) is 0. The van der Waals surface area contributed by atoms with Gasteiger partial charge in [0.1, 0.15) is 0 Å². The molecule has 0 unspecified atom stereocenters. The summed E-state index contributed by atoms with van der Waals surface area (Å²) < 4.78 is 0. The van der Waals surface area contributed by atoms with Crippen LogP contribution in [0.25, 0.3) is 0 Å². The average molecular weight is 260 g/mol. The maximum absolute atomic E-state index is 11.7. The summed E-state index contributed by atoms with van der Waals surface area (Å²) >= 11 is 0. The van der Waals surface area contributed by atoms with Crippen molar-refractivity contribution in [1.29, 1.82) is 0 Å². The summed E-state index contributed by atoms with van der Waals surface area (Å²) in [6.45, 7) is 1.80. The first-order valence-corrected chi connectivity index (χ1v) is 6.84. The van der Waals surface area contributed by atoms with Gasteiger partial charge in [-0.3, -0.25) is 9.59 Å². The van der Waals surface area contributed by atoms with E-state index in [0.29, 0.717) is 12.8 Å². The van der Waals surface area contributed by atoms with Crippen LogP contribution >= 0.6 is 0 Å². The molecular formula is C15H20N2O2. The summed E-state index contributed by atoms with van der Waals surface area (Å²) in [6.07, 6.45) is 3.29. The number of likely N-dealkylation sites (tertiary alicyclic amines) is 1. The van der Waals surface area contributed by atoms with E-state index in [0.717, 1.165) is 31.5 Å². The Morgan fingerprint density at radius 1 is 1.11 bits per heavy atom. The normalized spacial score (nSPS) is 14.4. The number of aryl methyl sites for hydroxylation is 1. The van der Waals surface area contributed by atoms with E-state index >= 15 is 0 Å². The van der Waals surface area contributed by atoms with E-state index in [4.69, 9.17) is 0 Å². The second-order valence-electron chi connectivity index (χ2n) is 4.85. The third-order valence-electron chi connectivity index (χ3n) is 3.38. The van der Waals surface area contributed by atoms with Crippen molar-refractivity contribution in [1.82, 2.24) is 10.2 Å². The van der Waals surface area contributed by atoms with Gasteiger partial charge in [0.05, 0.1) is 6.54 Å². The number of carbonyl (C=O) groups excluding carboxylic acids is 2. The third-order valence-corrected chi connectivity index (χ3v) is 3.38. The van der Waals surface area contributed by atoms with Gasteiger partial charge < -0.3 is 10.2 Å². The van der Waals surface area contributed by atoms with E-state index in [1.807, 2.05) is 35.2 Å². The van der Waals surface area contributed by atoms with Gasteiger partial charge in [-0.15, -0.1) is 0 Å². The molecule has 1 heterocycles. The molecule has 19 heavy (non-hydrogen) atoms. The van der Waals surface area contributed by atoms with E-state index < -0.39 is 0 Å². The molecule has 1 aliphatic heterocycles. The molecule has 0 bridgehead atoms. The Hall–Kier alpha value is -1.84. The second-order valence-corrected chi connectivity index (χ2v) is 4.85. The van der Waals surface area contributed by atoms with Crippen LogP contribution in [0.5, 0.6) is 0 Å². The fraction of sp³-hybridized carbons (Fsp3) is 0.467. The lowest BCUT2D eigenvalue weighted by molar-refractivity contribution is -0.132. The summed E-state index contributed by atoms with van der Waals surface area (Å²) in [4.78, 5) is 25.2. The van der Waals surface area contributed by atoms with Gasteiger partial charge in [-0.05, 0) is 24.8 Å². The quantitative estimate of drug-likeness (QED) is 0.869. The van der Waals surface area contributed by atoms with Crippen LogP contribution in [0.2, 0.25) is 0 Å². The van der Waals surface area contributed by atoms with Crippen LogP contribution in [0.15, 0.2) is 30.3 Å². The minimum atomic E-state index is -0.0589. The largest absolute Gasteiger partial charge is 0.347 e. The molecule has 0 spiro atoms. The van der Waals surface area contributed by atoms with Crippen LogP contribution in [-0.4, -0.2) is 36.3 Å². The number of rotatable bonds is 5.